The molecule has 1 atom stereocenters. The summed E-state index contributed by atoms with van der Waals surface area (Å²) in [6.45, 7) is 7.01. The van der Waals surface area contributed by atoms with Crippen molar-refractivity contribution >= 4 is 23.0 Å². The smallest absolute Gasteiger partial charge is 0.408 e. The Morgan fingerprint density at radius 3 is 2.54 bits per heavy atom. The van der Waals surface area contributed by atoms with Crippen LogP contribution in [0.25, 0.3) is 11.0 Å². The molecule has 2 aromatic rings. The maximum atomic E-state index is 12.0. The van der Waals surface area contributed by atoms with Gasteiger partial charge < -0.3 is 19.2 Å². The molecule has 2 rings (SSSR count). The number of rotatable bonds is 4. The molecule has 0 fully saturated rings. The first-order valence-corrected chi connectivity index (χ1v) is 8.20. The van der Waals surface area contributed by atoms with Crippen LogP contribution in [-0.2, 0) is 20.7 Å². The molecule has 1 amide bonds. The second kappa shape index (κ2) is 7.59. The summed E-state index contributed by atoms with van der Waals surface area (Å²) in [7, 11) is 1.26. The van der Waals surface area contributed by atoms with Gasteiger partial charge in [-0.25, -0.2) is 14.4 Å². The van der Waals surface area contributed by atoms with Crippen LogP contribution in [-0.4, -0.2) is 30.8 Å². The maximum Gasteiger partial charge on any atom is 0.408 e. The van der Waals surface area contributed by atoms with Crippen molar-refractivity contribution in [2.24, 2.45) is 0 Å². The van der Waals surface area contributed by atoms with Gasteiger partial charge in [0.2, 0.25) is 0 Å². The van der Waals surface area contributed by atoms with Crippen molar-refractivity contribution < 1.29 is 23.5 Å². The van der Waals surface area contributed by atoms with E-state index in [1.165, 1.54) is 13.2 Å². The standard InChI is InChI=1S/C19H23NO6/c1-11-8-16(21)25-15-7-6-12(9-13(11)15)10-14(17(22)24-5)20-18(23)26-19(2,3)4/h6-9,14H,10H2,1-5H3,(H,20,23). The predicted molar refractivity (Wildman–Crippen MR) is 96.1 cm³/mol. The van der Waals surface area contributed by atoms with Gasteiger partial charge in [-0.05, 0) is 51.0 Å². The molecule has 140 valence electrons. The lowest BCUT2D eigenvalue weighted by atomic mass is 10.0. The third kappa shape index (κ3) is 5.08. The fraction of sp³-hybridized carbons (Fsp3) is 0.421. The Morgan fingerprint density at radius 1 is 1.23 bits per heavy atom. The molecular weight excluding hydrogens is 338 g/mol. The minimum absolute atomic E-state index is 0.209. The van der Waals surface area contributed by atoms with Gasteiger partial charge in [-0.15, -0.1) is 0 Å². The van der Waals surface area contributed by atoms with E-state index in [9.17, 15) is 14.4 Å². The second-order valence-electron chi connectivity index (χ2n) is 7.01. The second-order valence-corrected chi connectivity index (χ2v) is 7.01. The number of hydrogen-bond acceptors (Lipinski definition) is 6. The summed E-state index contributed by atoms with van der Waals surface area (Å²) in [5, 5.41) is 3.30. The normalized spacial score (nSPS) is 12.5. The fourth-order valence-electron chi connectivity index (χ4n) is 2.51. The highest BCUT2D eigenvalue weighted by Crippen LogP contribution is 2.19. The molecule has 0 aliphatic carbocycles. The van der Waals surface area contributed by atoms with Crippen molar-refractivity contribution in [3.63, 3.8) is 0 Å². The number of fused-ring (bicyclic) bond motifs is 1. The van der Waals surface area contributed by atoms with E-state index in [0.717, 1.165) is 16.5 Å². The summed E-state index contributed by atoms with van der Waals surface area (Å²) in [5.41, 5.74) is 0.923. The van der Waals surface area contributed by atoms with Crippen molar-refractivity contribution in [1.29, 1.82) is 0 Å². The molecule has 7 heteroatoms. The highest BCUT2D eigenvalue weighted by molar-refractivity contribution is 5.83. The molecule has 0 radical (unpaired) electrons. The van der Waals surface area contributed by atoms with Crippen LogP contribution in [0.4, 0.5) is 4.79 Å². The zero-order valence-electron chi connectivity index (χ0n) is 15.5. The van der Waals surface area contributed by atoms with Gasteiger partial charge >= 0.3 is 17.7 Å². The van der Waals surface area contributed by atoms with E-state index in [1.807, 2.05) is 6.07 Å². The van der Waals surface area contributed by atoms with Gasteiger partial charge in [-0.1, -0.05) is 6.07 Å². The first-order chi connectivity index (χ1) is 12.1. The van der Waals surface area contributed by atoms with Gasteiger partial charge in [0.1, 0.15) is 17.2 Å². The lowest BCUT2D eigenvalue weighted by molar-refractivity contribution is -0.143. The van der Waals surface area contributed by atoms with Crippen LogP contribution in [0.2, 0.25) is 0 Å². The van der Waals surface area contributed by atoms with Gasteiger partial charge in [0.15, 0.2) is 0 Å². The summed E-state index contributed by atoms with van der Waals surface area (Å²) in [6.07, 6.45) is -0.490. The lowest BCUT2D eigenvalue weighted by Crippen LogP contribution is -2.45. The van der Waals surface area contributed by atoms with Crippen molar-refractivity contribution in [2.75, 3.05) is 7.11 Å². The number of ether oxygens (including phenoxy) is 2. The average molecular weight is 361 g/mol. The van der Waals surface area contributed by atoms with Crippen LogP contribution in [0.1, 0.15) is 31.9 Å². The van der Waals surface area contributed by atoms with Crippen molar-refractivity contribution in [3.05, 3.63) is 45.8 Å². The molecule has 26 heavy (non-hydrogen) atoms. The number of nitrogens with one attached hydrogen (secondary N) is 1. The molecule has 0 spiro atoms. The highest BCUT2D eigenvalue weighted by atomic mass is 16.6. The molecule has 7 nitrogen and oxygen atoms in total. The molecule has 1 N–H and O–H groups in total. The Bertz CT molecular complexity index is 878. The summed E-state index contributed by atoms with van der Waals surface area (Å²) >= 11 is 0. The predicted octanol–water partition coefficient (Wildman–Crippen LogP) is 2.71. The van der Waals surface area contributed by atoms with Gasteiger partial charge in [0.05, 0.1) is 7.11 Å². The topological polar surface area (TPSA) is 94.8 Å². The van der Waals surface area contributed by atoms with Crippen molar-refractivity contribution in [2.45, 2.75) is 45.8 Å². The Balaban J connectivity index is 2.25. The molecular formula is C19H23NO6. The molecule has 1 unspecified atom stereocenters. The Hall–Kier alpha value is -2.83. The SMILES string of the molecule is COC(=O)C(Cc1ccc2oc(=O)cc(C)c2c1)NC(=O)OC(C)(C)C. The van der Waals surface area contributed by atoms with E-state index < -0.39 is 29.3 Å². The largest absolute Gasteiger partial charge is 0.467 e. The number of methoxy groups -OCH3 is 1. The molecule has 0 saturated carbocycles. The Morgan fingerprint density at radius 2 is 1.92 bits per heavy atom. The summed E-state index contributed by atoms with van der Waals surface area (Å²) in [6, 6.07) is 5.73. The Labute approximate surface area is 151 Å². The van der Waals surface area contributed by atoms with Crippen LogP contribution in [0, 0.1) is 6.92 Å². The van der Waals surface area contributed by atoms with Crippen molar-refractivity contribution in [3.8, 4) is 0 Å². The summed E-state index contributed by atoms with van der Waals surface area (Å²) in [4.78, 5) is 35.5. The zero-order chi connectivity index (χ0) is 19.5. The maximum absolute atomic E-state index is 12.0. The quantitative estimate of drug-likeness (QED) is 0.665. The highest BCUT2D eigenvalue weighted by Gasteiger charge is 2.25. The molecule has 0 aliphatic heterocycles. The van der Waals surface area contributed by atoms with E-state index in [0.29, 0.717) is 5.58 Å². The Kier molecular flexibility index (Phi) is 5.69. The minimum Gasteiger partial charge on any atom is -0.467 e. The first kappa shape index (κ1) is 19.5. The lowest BCUT2D eigenvalue weighted by Gasteiger charge is -2.22. The summed E-state index contributed by atoms with van der Waals surface area (Å²) in [5.74, 6) is -0.577. The number of carbonyl (C=O) groups excluding carboxylic acids is 2. The van der Waals surface area contributed by atoms with Crippen LogP contribution in [0.3, 0.4) is 0 Å². The first-order valence-electron chi connectivity index (χ1n) is 8.20. The monoisotopic (exact) mass is 361 g/mol. The summed E-state index contributed by atoms with van der Waals surface area (Å²) < 4.78 is 15.1. The molecule has 0 aliphatic rings. The average Bonchev–Trinajstić information content (AvgIpc) is 2.52. The van der Waals surface area contributed by atoms with E-state index in [-0.39, 0.29) is 6.42 Å². The van der Waals surface area contributed by atoms with E-state index in [1.54, 1.807) is 39.8 Å². The fourth-order valence-corrected chi connectivity index (χ4v) is 2.51. The number of amides is 1. The molecule has 0 saturated heterocycles. The number of carbonyl (C=O) groups is 2. The van der Waals surface area contributed by atoms with Crippen LogP contribution >= 0.6 is 0 Å². The van der Waals surface area contributed by atoms with Crippen LogP contribution < -0.4 is 10.9 Å². The minimum atomic E-state index is -0.900. The zero-order valence-corrected chi connectivity index (χ0v) is 15.5. The number of esters is 1. The van der Waals surface area contributed by atoms with Gasteiger partial charge in [0, 0.05) is 17.9 Å². The number of aryl methyl sites for hydroxylation is 1. The van der Waals surface area contributed by atoms with E-state index >= 15 is 0 Å². The van der Waals surface area contributed by atoms with E-state index in [2.05, 4.69) is 5.32 Å². The van der Waals surface area contributed by atoms with Gasteiger partial charge in [-0.3, -0.25) is 0 Å². The van der Waals surface area contributed by atoms with Gasteiger partial charge in [0.25, 0.3) is 0 Å². The van der Waals surface area contributed by atoms with Crippen LogP contribution in [0.15, 0.2) is 33.5 Å². The molecule has 0 bridgehead atoms. The number of benzene rings is 1. The van der Waals surface area contributed by atoms with E-state index in [4.69, 9.17) is 13.9 Å². The number of alkyl carbamates (subject to hydrolysis) is 1. The molecule has 1 aromatic heterocycles. The van der Waals surface area contributed by atoms with Gasteiger partial charge in [-0.2, -0.15) is 0 Å². The third-order valence-electron chi connectivity index (χ3n) is 3.63. The van der Waals surface area contributed by atoms with Crippen LogP contribution in [0.5, 0.6) is 0 Å². The number of hydrogen-bond donors (Lipinski definition) is 1. The molecule has 1 aromatic carbocycles. The van der Waals surface area contributed by atoms with Crippen molar-refractivity contribution in [1.82, 2.24) is 5.32 Å². The molecule has 1 heterocycles. The third-order valence-corrected chi connectivity index (χ3v) is 3.63.